The van der Waals surface area contributed by atoms with Crippen molar-refractivity contribution in [2.24, 2.45) is 0 Å². The highest BCUT2D eigenvalue weighted by atomic mass is 16.3. The zero-order valence-corrected chi connectivity index (χ0v) is 11.0. The smallest absolute Gasteiger partial charge is 0.291 e. The van der Waals surface area contributed by atoms with Crippen LogP contribution in [-0.2, 0) is 0 Å². The zero-order chi connectivity index (χ0) is 14.2. The Morgan fingerprint density at radius 3 is 2.62 bits per heavy atom. The second-order valence-corrected chi connectivity index (χ2v) is 4.74. The van der Waals surface area contributed by atoms with Crippen molar-refractivity contribution in [3.8, 4) is 0 Å². The molecule has 0 radical (unpaired) electrons. The second-order valence-electron chi connectivity index (χ2n) is 4.74. The van der Waals surface area contributed by atoms with Crippen LogP contribution in [0.3, 0.4) is 0 Å². The zero-order valence-electron chi connectivity index (χ0n) is 11.0. The summed E-state index contributed by atoms with van der Waals surface area (Å²) in [6, 6.07) is 16.7. The highest BCUT2D eigenvalue weighted by Crippen LogP contribution is 2.30. The molecule has 0 aliphatic rings. The van der Waals surface area contributed by atoms with Crippen LogP contribution < -0.4 is 5.32 Å². The third-order valence-electron chi connectivity index (χ3n) is 3.38. The van der Waals surface area contributed by atoms with Gasteiger partial charge in [-0.05, 0) is 36.4 Å². The van der Waals surface area contributed by atoms with E-state index in [1.165, 1.54) is 6.26 Å². The lowest BCUT2D eigenvalue weighted by molar-refractivity contribution is 0.0996. The van der Waals surface area contributed by atoms with Crippen LogP contribution in [0.25, 0.3) is 21.9 Å². The van der Waals surface area contributed by atoms with Gasteiger partial charge in [0, 0.05) is 16.5 Å². The summed E-state index contributed by atoms with van der Waals surface area (Å²) in [7, 11) is 0. The van der Waals surface area contributed by atoms with Gasteiger partial charge in [-0.25, -0.2) is 0 Å². The predicted molar refractivity (Wildman–Crippen MR) is 80.4 cm³/mol. The fraction of sp³-hybridized carbons (Fsp3) is 0. The van der Waals surface area contributed by atoms with Gasteiger partial charge in [0.2, 0.25) is 0 Å². The van der Waals surface area contributed by atoms with Crippen molar-refractivity contribution in [3.63, 3.8) is 0 Å². The van der Waals surface area contributed by atoms with Gasteiger partial charge in [0.15, 0.2) is 5.76 Å². The summed E-state index contributed by atoms with van der Waals surface area (Å²) in [5.41, 5.74) is 2.34. The highest BCUT2D eigenvalue weighted by Gasteiger charge is 2.11. The number of para-hydroxylation sites is 1. The minimum Gasteiger partial charge on any atom is -0.459 e. The predicted octanol–water partition coefficient (Wildman–Crippen LogP) is 4.43. The van der Waals surface area contributed by atoms with E-state index in [0.29, 0.717) is 5.69 Å². The van der Waals surface area contributed by atoms with E-state index >= 15 is 0 Å². The van der Waals surface area contributed by atoms with Gasteiger partial charge in [-0.3, -0.25) is 4.79 Å². The maximum Gasteiger partial charge on any atom is 0.291 e. The SMILES string of the molecule is O=C(Nc1ccc2oc3ccccc3c2c1)c1ccco1. The van der Waals surface area contributed by atoms with Crippen molar-refractivity contribution in [1.82, 2.24) is 0 Å². The third-order valence-corrected chi connectivity index (χ3v) is 3.38. The van der Waals surface area contributed by atoms with E-state index in [1.54, 1.807) is 12.1 Å². The normalized spacial score (nSPS) is 11.0. The minimum atomic E-state index is -0.271. The molecule has 0 aliphatic heterocycles. The molecule has 1 amide bonds. The lowest BCUT2D eigenvalue weighted by Gasteiger charge is -2.02. The minimum absolute atomic E-state index is 0.271. The maximum absolute atomic E-state index is 12.0. The van der Waals surface area contributed by atoms with Gasteiger partial charge in [-0.15, -0.1) is 0 Å². The van der Waals surface area contributed by atoms with Crippen molar-refractivity contribution >= 4 is 33.5 Å². The number of carbonyl (C=O) groups is 1. The first kappa shape index (κ1) is 11.8. The van der Waals surface area contributed by atoms with Crippen LogP contribution in [0.1, 0.15) is 10.6 Å². The average molecular weight is 277 g/mol. The summed E-state index contributed by atoms with van der Waals surface area (Å²) in [5, 5.41) is 4.82. The molecule has 0 atom stereocenters. The van der Waals surface area contributed by atoms with Crippen LogP contribution in [0.2, 0.25) is 0 Å². The summed E-state index contributed by atoms with van der Waals surface area (Å²) in [4.78, 5) is 12.0. The average Bonchev–Trinajstić information content (AvgIpc) is 3.14. The van der Waals surface area contributed by atoms with Crippen molar-refractivity contribution in [1.29, 1.82) is 0 Å². The maximum atomic E-state index is 12.0. The van der Waals surface area contributed by atoms with E-state index in [0.717, 1.165) is 21.9 Å². The van der Waals surface area contributed by atoms with Gasteiger partial charge in [0.1, 0.15) is 11.2 Å². The Hall–Kier alpha value is -3.01. The number of hydrogen-bond donors (Lipinski definition) is 1. The standard InChI is InChI=1S/C17H11NO3/c19-17(16-6-3-9-20-16)18-11-7-8-15-13(10-11)12-4-1-2-5-14(12)21-15/h1-10H,(H,18,19). The number of rotatable bonds is 2. The molecule has 4 rings (SSSR count). The fourth-order valence-electron chi connectivity index (χ4n) is 2.40. The van der Waals surface area contributed by atoms with Crippen molar-refractivity contribution < 1.29 is 13.6 Å². The van der Waals surface area contributed by atoms with E-state index in [-0.39, 0.29) is 11.7 Å². The molecular weight excluding hydrogens is 266 g/mol. The van der Waals surface area contributed by atoms with Crippen LogP contribution in [0.15, 0.2) is 69.7 Å². The first-order valence-corrected chi connectivity index (χ1v) is 6.57. The molecule has 4 heteroatoms. The molecule has 2 aromatic heterocycles. The highest BCUT2D eigenvalue weighted by molar-refractivity contribution is 6.08. The molecule has 0 aliphatic carbocycles. The molecule has 0 unspecified atom stereocenters. The summed E-state index contributed by atoms with van der Waals surface area (Å²) in [5.74, 6) is 0.0132. The number of nitrogens with one attached hydrogen (secondary N) is 1. The monoisotopic (exact) mass is 277 g/mol. The van der Waals surface area contributed by atoms with Gasteiger partial charge in [-0.2, -0.15) is 0 Å². The van der Waals surface area contributed by atoms with Gasteiger partial charge < -0.3 is 14.2 Å². The van der Waals surface area contributed by atoms with Crippen molar-refractivity contribution in [3.05, 3.63) is 66.6 Å². The molecule has 102 valence electrons. The number of hydrogen-bond acceptors (Lipinski definition) is 3. The topological polar surface area (TPSA) is 55.4 Å². The van der Waals surface area contributed by atoms with E-state index < -0.39 is 0 Å². The van der Waals surface area contributed by atoms with Gasteiger partial charge >= 0.3 is 0 Å². The van der Waals surface area contributed by atoms with Gasteiger partial charge in [-0.1, -0.05) is 18.2 Å². The first-order chi connectivity index (χ1) is 10.3. The fourth-order valence-corrected chi connectivity index (χ4v) is 2.40. The molecule has 4 aromatic rings. The van der Waals surface area contributed by atoms with Gasteiger partial charge in [0.25, 0.3) is 5.91 Å². The Kier molecular flexibility index (Phi) is 2.54. The Bertz CT molecular complexity index is 935. The second kappa shape index (κ2) is 4.52. The van der Waals surface area contributed by atoms with E-state index in [1.807, 2.05) is 42.5 Å². The summed E-state index contributed by atoms with van der Waals surface area (Å²) >= 11 is 0. The lowest BCUT2D eigenvalue weighted by Crippen LogP contribution is -2.10. The lowest BCUT2D eigenvalue weighted by atomic mass is 10.1. The van der Waals surface area contributed by atoms with E-state index in [9.17, 15) is 4.79 Å². The molecule has 4 nitrogen and oxygen atoms in total. The Balaban J connectivity index is 1.76. The number of benzene rings is 2. The van der Waals surface area contributed by atoms with Crippen molar-refractivity contribution in [2.75, 3.05) is 5.32 Å². The molecule has 0 spiro atoms. The van der Waals surface area contributed by atoms with Crippen LogP contribution >= 0.6 is 0 Å². The molecule has 0 bridgehead atoms. The number of anilines is 1. The van der Waals surface area contributed by atoms with Crippen LogP contribution in [0.4, 0.5) is 5.69 Å². The number of carbonyl (C=O) groups excluding carboxylic acids is 1. The van der Waals surface area contributed by atoms with Crippen LogP contribution in [0, 0.1) is 0 Å². The first-order valence-electron chi connectivity index (χ1n) is 6.57. The van der Waals surface area contributed by atoms with E-state index in [2.05, 4.69) is 5.32 Å². The summed E-state index contributed by atoms with van der Waals surface area (Å²) in [6.45, 7) is 0. The molecule has 1 N–H and O–H groups in total. The molecule has 2 heterocycles. The molecular formula is C17H11NO3. The van der Waals surface area contributed by atoms with Crippen LogP contribution in [0.5, 0.6) is 0 Å². The largest absolute Gasteiger partial charge is 0.459 e. The molecule has 0 saturated heterocycles. The Morgan fingerprint density at radius 1 is 0.905 bits per heavy atom. The van der Waals surface area contributed by atoms with E-state index in [4.69, 9.17) is 8.83 Å². The Labute approximate surface area is 120 Å². The molecule has 21 heavy (non-hydrogen) atoms. The molecule has 0 saturated carbocycles. The molecule has 2 aromatic carbocycles. The number of furan rings is 2. The summed E-state index contributed by atoms with van der Waals surface area (Å²) < 4.78 is 10.8. The van der Waals surface area contributed by atoms with Crippen LogP contribution in [-0.4, -0.2) is 5.91 Å². The van der Waals surface area contributed by atoms with Crippen molar-refractivity contribution in [2.45, 2.75) is 0 Å². The number of fused-ring (bicyclic) bond motifs is 3. The molecule has 0 fully saturated rings. The number of amides is 1. The van der Waals surface area contributed by atoms with Gasteiger partial charge in [0.05, 0.1) is 6.26 Å². The summed E-state index contributed by atoms with van der Waals surface area (Å²) in [6.07, 6.45) is 1.47. The quantitative estimate of drug-likeness (QED) is 0.589. The Morgan fingerprint density at radius 2 is 1.76 bits per heavy atom. The third kappa shape index (κ3) is 1.97.